The number of hydrogen-bond acceptors (Lipinski definition) is 6. The molecule has 0 aromatic heterocycles. The van der Waals surface area contributed by atoms with Crippen LogP contribution in [-0.2, 0) is 24.4 Å². The second-order valence-electron chi connectivity index (χ2n) is 6.39. The highest BCUT2D eigenvalue weighted by Gasteiger charge is 2.25. The number of thioether (sulfide) groups is 1. The number of anilines is 1. The number of carbonyl (C=O) groups is 3. The van der Waals surface area contributed by atoms with Gasteiger partial charge in [-0.15, -0.1) is 11.8 Å². The van der Waals surface area contributed by atoms with Gasteiger partial charge < -0.3 is 10.2 Å². The summed E-state index contributed by atoms with van der Waals surface area (Å²) >= 11 is 1.38. The number of nitrogens with zero attached hydrogens (tertiary/aromatic N) is 1. The maximum atomic E-state index is 12.5. The Morgan fingerprint density at radius 2 is 1.73 bits per heavy atom. The summed E-state index contributed by atoms with van der Waals surface area (Å²) < 4.78 is 25.8. The third kappa shape index (κ3) is 5.28. The van der Waals surface area contributed by atoms with Gasteiger partial charge in [0.15, 0.2) is 0 Å². The molecule has 2 aromatic carbocycles. The van der Waals surface area contributed by atoms with Crippen molar-refractivity contribution in [1.82, 2.24) is 9.62 Å². The van der Waals surface area contributed by atoms with Gasteiger partial charge in [-0.25, -0.2) is 13.1 Å². The van der Waals surface area contributed by atoms with Crippen LogP contribution < -0.4 is 10.0 Å². The molecule has 1 aliphatic heterocycles. The highest BCUT2D eigenvalue weighted by atomic mass is 32.2. The largest absolute Gasteiger partial charge is 0.325 e. The van der Waals surface area contributed by atoms with E-state index in [2.05, 4.69) is 5.32 Å². The third-order valence-corrected chi connectivity index (χ3v) is 6.34. The Labute approximate surface area is 178 Å². The normalized spacial score (nSPS) is 14.1. The lowest BCUT2D eigenvalue weighted by molar-refractivity contribution is -0.129. The Morgan fingerprint density at radius 3 is 2.37 bits per heavy atom. The van der Waals surface area contributed by atoms with Gasteiger partial charge in [0.25, 0.3) is 10.0 Å². The zero-order valence-electron chi connectivity index (χ0n) is 16.0. The van der Waals surface area contributed by atoms with Crippen LogP contribution in [0, 0.1) is 0 Å². The molecule has 0 atom stereocenters. The first-order valence-electron chi connectivity index (χ1n) is 8.87. The summed E-state index contributed by atoms with van der Waals surface area (Å²) in [4.78, 5) is 37.2. The molecule has 0 saturated carbocycles. The molecule has 2 aromatic rings. The van der Waals surface area contributed by atoms with Crippen molar-refractivity contribution in [2.75, 3.05) is 17.6 Å². The van der Waals surface area contributed by atoms with Crippen molar-refractivity contribution in [1.29, 1.82) is 0 Å². The molecule has 3 rings (SSSR count). The molecule has 3 amide bonds. The predicted molar refractivity (Wildman–Crippen MR) is 115 cm³/mol. The lowest BCUT2D eigenvalue weighted by Crippen LogP contribution is -2.39. The third-order valence-electron chi connectivity index (χ3n) is 4.09. The minimum absolute atomic E-state index is 0.103. The predicted octanol–water partition coefficient (Wildman–Crippen LogP) is 2.02. The fraction of sp³-hybridized carbons (Fsp3) is 0.150. The molecule has 8 nitrogen and oxygen atoms in total. The minimum atomic E-state index is -3.95. The van der Waals surface area contributed by atoms with Crippen LogP contribution in [0.25, 0.3) is 5.70 Å². The van der Waals surface area contributed by atoms with Crippen molar-refractivity contribution < 1.29 is 22.8 Å². The Kier molecular flexibility index (Phi) is 6.58. The maximum Gasteiger partial charge on any atom is 0.264 e. The van der Waals surface area contributed by atoms with Gasteiger partial charge in [0.05, 0.1) is 16.3 Å². The van der Waals surface area contributed by atoms with E-state index in [1.807, 2.05) is 40.5 Å². The zero-order valence-corrected chi connectivity index (χ0v) is 17.6. The SMILES string of the molecule is CC(=O)NS(=O)(=O)c1ccc(NC(=O)CN2C(=O)CSC=C2c2ccccc2)cc1. The van der Waals surface area contributed by atoms with Crippen molar-refractivity contribution >= 4 is 50.9 Å². The topological polar surface area (TPSA) is 113 Å². The Bertz CT molecular complexity index is 1100. The van der Waals surface area contributed by atoms with Crippen LogP contribution in [0.1, 0.15) is 12.5 Å². The molecule has 0 unspecified atom stereocenters. The molecule has 1 aliphatic rings. The van der Waals surface area contributed by atoms with E-state index in [-0.39, 0.29) is 23.1 Å². The molecule has 156 valence electrons. The maximum absolute atomic E-state index is 12.5. The Balaban J connectivity index is 1.70. The molecule has 2 N–H and O–H groups in total. The number of nitrogens with one attached hydrogen (secondary N) is 2. The van der Waals surface area contributed by atoms with Gasteiger partial charge in [-0.2, -0.15) is 0 Å². The van der Waals surface area contributed by atoms with Gasteiger partial charge in [-0.3, -0.25) is 14.4 Å². The number of hydrogen-bond donors (Lipinski definition) is 2. The number of carbonyl (C=O) groups excluding carboxylic acids is 3. The van der Waals surface area contributed by atoms with Crippen LogP contribution in [0.5, 0.6) is 0 Å². The van der Waals surface area contributed by atoms with Crippen LogP contribution in [0.4, 0.5) is 5.69 Å². The van der Waals surface area contributed by atoms with E-state index in [0.717, 1.165) is 12.5 Å². The highest BCUT2D eigenvalue weighted by Crippen LogP contribution is 2.28. The van der Waals surface area contributed by atoms with Crippen LogP contribution in [-0.4, -0.2) is 43.3 Å². The first-order chi connectivity index (χ1) is 14.3. The number of sulfonamides is 1. The molecule has 0 saturated heterocycles. The van der Waals surface area contributed by atoms with Crippen molar-refractivity contribution in [3.63, 3.8) is 0 Å². The van der Waals surface area contributed by atoms with E-state index in [4.69, 9.17) is 0 Å². The van der Waals surface area contributed by atoms with Gasteiger partial charge in [0, 0.05) is 12.6 Å². The van der Waals surface area contributed by atoms with Gasteiger partial charge >= 0.3 is 0 Å². The van der Waals surface area contributed by atoms with Crippen molar-refractivity contribution in [3.05, 3.63) is 65.6 Å². The van der Waals surface area contributed by atoms with Gasteiger partial charge in [-0.1, -0.05) is 30.3 Å². The average molecular weight is 446 g/mol. The van der Waals surface area contributed by atoms with Crippen LogP contribution in [0.15, 0.2) is 64.9 Å². The fourth-order valence-electron chi connectivity index (χ4n) is 2.78. The Morgan fingerprint density at radius 1 is 1.07 bits per heavy atom. The van der Waals surface area contributed by atoms with E-state index < -0.39 is 21.8 Å². The molecule has 0 spiro atoms. The van der Waals surface area contributed by atoms with E-state index >= 15 is 0 Å². The summed E-state index contributed by atoms with van der Waals surface area (Å²) in [5.41, 5.74) is 1.85. The number of benzene rings is 2. The summed E-state index contributed by atoms with van der Waals surface area (Å²) in [7, 11) is -3.95. The second kappa shape index (κ2) is 9.14. The molecule has 0 bridgehead atoms. The summed E-state index contributed by atoms with van der Waals surface area (Å²) in [6.45, 7) is 0.927. The minimum Gasteiger partial charge on any atom is -0.325 e. The monoisotopic (exact) mass is 445 g/mol. The zero-order chi connectivity index (χ0) is 21.7. The molecule has 0 aliphatic carbocycles. The lowest BCUT2D eigenvalue weighted by atomic mass is 10.1. The van der Waals surface area contributed by atoms with E-state index in [1.165, 1.54) is 40.9 Å². The molecule has 1 heterocycles. The molecular weight excluding hydrogens is 426 g/mol. The summed E-state index contributed by atoms with van der Waals surface area (Å²) in [6.07, 6.45) is 0. The first-order valence-corrected chi connectivity index (χ1v) is 11.4. The molecule has 0 radical (unpaired) electrons. The summed E-state index contributed by atoms with van der Waals surface area (Å²) in [5, 5.41) is 4.51. The summed E-state index contributed by atoms with van der Waals surface area (Å²) in [6, 6.07) is 14.7. The second-order valence-corrected chi connectivity index (χ2v) is 8.93. The van der Waals surface area contributed by atoms with Crippen LogP contribution >= 0.6 is 11.8 Å². The Hall–Kier alpha value is -3.11. The lowest BCUT2D eigenvalue weighted by Gasteiger charge is -2.28. The number of amides is 3. The fourth-order valence-corrected chi connectivity index (χ4v) is 4.58. The van der Waals surface area contributed by atoms with Crippen LogP contribution in [0.3, 0.4) is 0 Å². The average Bonchev–Trinajstić information content (AvgIpc) is 2.69. The smallest absolute Gasteiger partial charge is 0.264 e. The quantitative estimate of drug-likeness (QED) is 0.704. The first kappa shape index (κ1) is 21.6. The highest BCUT2D eigenvalue weighted by molar-refractivity contribution is 8.03. The standard InChI is InChI=1S/C20H19N3O5S2/c1-14(24)22-30(27,28)17-9-7-16(8-10-17)21-19(25)11-23-18(12-29-13-20(23)26)15-5-3-2-4-6-15/h2-10,12H,11,13H2,1H3,(H,21,25)(H,22,24). The van der Waals surface area contributed by atoms with Crippen molar-refractivity contribution in [2.45, 2.75) is 11.8 Å². The van der Waals surface area contributed by atoms with Crippen LogP contribution in [0.2, 0.25) is 0 Å². The number of rotatable bonds is 6. The summed E-state index contributed by atoms with van der Waals surface area (Å²) in [5.74, 6) is -1.04. The van der Waals surface area contributed by atoms with Gasteiger partial charge in [0.1, 0.15) is 6.54 Å². The van der Waals surface area contributed by atoms with E-state index in [0.29, 0.717) is 11.4 Å². The van der Waals surface area contributed by atoms with E-state index in [9.17, 15) is 22.8 Å². The van der Waals surface area contributed by atoms with E-state index in [1.54, 1.807) is 0 Å². The molecule has 10 heteroatoms. The van der Waals surface area contributed by atoms with Crippen molar-refractivity contribution in [2.24, 2.45) is 0 Å². The molecule has 30 heavy (non-hydrogen) atoms. The van der Waals surface area contributed by atoms with Gasteiger partial charge in [-0.05, 0) is 35.2 Å². The molecule has 0 fully saturated rings. The van der Waals surface area contributed by atoms with Gasteiger partial charge in [0.2, 0.25) is 17.7 Å². The molecular formula is C20H19N3O5S2. The van der Waals surface area contributed by atoms with Crippen molar-refractivity contribution in [3.8, 4) is 0 Å².